The fraction of sp³-hybridized carbons (Fsp3) is 0.368. The average molecular weight is 441 g/mol. The fourth-order valence-corrected chi connectivity index (χ4v) is 6.61. The smallest absolute Gasteiger partial charge is 0.264 e. The second-order valence-electron chi connectivity index (χ2n) is 7.31. The Hall–Kier alpha value is -2.33. The van der Waals surface area contributed by atoms with E-state index < -0.39 is 31.8 Å². The lowest BCUT2D eigenvalue weighted by atomic mass is 10.2. The van der Waals surface area contributed by atoms with Crippen LogP contribution in [0.3, 0.4) is 0 Å². The van der Waals surface area contributed by atoms with Crippen molar-refractivity contribution in [3.8, 4) is 5.75 Å². The quantitative estimate of drug-likeness (QED) is 0.691. The van der Waals surface area contributed by atoms with Gasteiger partial charge in [0.2, 0.25) is 0 Å². The summed E-state index contributed by atoms with van der Waals surface area (Å²) in [6, 6.07) is 9.19. The number of rotatable bonds is 6. The zero-order valence-electron chi connectivity index (χ0n) is 15.5. The van der Waals surface area contributed by atoms with Gasteiger partial charge in [-0.15, -0.1) is 0 Å². The van der Waals surface area contributed by atoms with E-state index in [1.54, 1.807) is 12.1 Å². The fourth-order valence-electron chi connectivity index (χ4n) is 3.33. The molecule has 0 unspecified atom stereocenters. The van der Waals surface area contributed by atoms with Crippen molar-refractivity contribution in [2.24, 2.45) is 0 Å². The lowest BCUT2D eigenvalue weighted by Gasteiger charge is -2.35. The number of nitrogen functional groups attached to an aromatic ring is 1. The van der Waals surface area contributed by atoms with Crippen molar-refractivity contribution in [1.29, 1.82) is 0 Å². The molecular weight excluding hydrogens is 419 g/mol. The Balaban J connectivity index is 1.65. The van der Waals surface area contributed by atoms with Gasteiger partial charge in [-0.05, 0) is 61.7 Å². The molecule has 29 heavy (non-hydrogen) atoms. The highest BCUT2D eigenvalue weighted by atomic mass is 32.2. The number of hydrogen-bond donors (Lipinski definition) is 1. The van der Waals surface area contributed by atoms with Gasteiger partial charge >= 0.3 is 0 Å². The Morgan fingerprint density at radius 2 is 1.76 bits per heavy atom. The number of sulfone groups is 1. The molecule has 0 radical (unpaired) electrons. The van der Waals surface area contributed by atoms with Crippen LogP contribution >= 0.6 is 0 Å². The minimum absolute atomic E-state index is 0.0585. The van der Waals surface area contributed by atoms with Crippen LogP contribution < -0.4 is 14.8 Å². The number of nitrogens with zero attached hydrogens (tertiary/aromatic N) is 1. The monoisotopic (exact) mass is 440 g/mol. The van der Waals surface area contributed by atoms with E-state index in [0.717, 1.165) is 16.4 Å². The molecule has 4 rings (SSSR count). The minimum atomic E-state index is -4.02. The Labute approximate surface area is 169 Å². The highest BCUT2D eigenvalue weighted by molar-refractivity contribution is 7.93. The van der Waals surface area contributed by atoms with Crippen molar-refractivity contribution in [2.45, 2.75) is 35.5 Å². The van der Waals surface area contributed by atoms with Crippen LogP contribution in [0.25, 0.3) is 0 Å². The molecular formula is C19H21FN2O5S2. The van der Waals surface area contributed by atoms with E-state index >= 15 is 0 Å². The average Bonchev–Trinajstić information content (AvgIpc) is 3.52. The molecule has 7 nitrogen and oxygen atoms in total. The molecule has 0 amide bonds. The Morgan fingerprint density at radius 1 is 1.07 bits per heavy atom. The van der Waals surface area contributed by atoms with E-state index in [9.17, 15) is 21.2 Å². The molecule has 1 aliphatic heterocycles. The zero-order valence-corrected chi connectivity index (χ0v) is 17.1. The van der Waals surface area contributed by atoms with Crippen molar-refractivity contribution in [2.75, 3.05) is 22.3 Å². The van der Waals surface area contributed by atoms with Crippen LogP contribution in [0.4, 0.5) is 15.8 Å². The molecule has 1 aliphatic carbocycles. The summed E-state index contributed by atoms with van der Waals surface area (Å²) >= 11 is 0. The van der Waals surface area contributed by atoms with E-state index in [4.69, 9.17) is 10.5 Å². The van der Waals surface area contributed by atoms with Gasteiger partial charge in [-0.2, -0.15) is 0 Å². The molecule has 2 N–H and O–H groups in total. The number of anilines is 2. The maximum Gasteiger partial charge on any atom is 0.264 e. The molecule has 1 saturated carbocycles. The summed E-state index contributed by atoms with van der Waals surface area (Å²) in [5.41, 5.74) is 6.47. The minimum Gasteiger partial charge on any atom is -0.486 e. The van der Waals surface area contributed by atoms with E-state index in [0.29, 0.717) is 24.3 Å². The van der Waals surface area contributed by atoms with Gasteiger partial charge in [0, 0.05) is 5.69 Å². The second-order valence-corrected chi connectivity index (χ2v) is 11.6. The number of benzene rings is 2. The third-order valence-electron chi connectivity index (χ3n) is 5.07. The summed E-state index contributed by atoms with van der Waals surface area (Å²) < 4.78 is 71.2. The zero-order chi connectivity index (χ0) is 20.8. The van der Waals surface area contributed by atoms with Gasteiger partial charge in [-0.25, -0.2) is 21.2 Å². The predicted molar refractivity (Wildman–Crippen MR) is 108 cm³/mol. The van der Waals surface area contributed by atoms with Crippen molar-refractivity contribution in [3.63, 3.8) is 0 Å². The van der Waals surface area contributed by atoms with Crippen LogP contribution in [-0.2, 0) is 19.9 Å². The van der Waals surface area contributed by atoms with Gasteiger partial charge in [0.1, 0.15) is 17.7 Å². The molecule has 1 heterocycles. The number of ether oxygens (including phenoxy) is 1. The van der Waals surface area contributed by atoms with Crippen molar-refractivity contribution >= 4 is 31.2 Å². The first-order valence-corrected chi connectivity index (χ1v) is 12.4. The number of fused-ring (bicyclic) bond motifs is 1. The molecule has 2 aromatic carbocycles. The van der Waals surface area contributed by atoms with Crippen LogP contribution in [-0.4, -0.2) is 40.5 Å². The molecule has 156 valence electrons. The number of halogens is 1. The van der Waals surface area contributed by atoms with Gasteiger partial charge < -0.3 is 10.5 Å². The summed E-state index contributed by atoms with van der Waals surface area (Å²) in [5, 5.41) is -0.280. The van der Waals surface area contributed by atoms with Gasteiger partial charge in [0.15, 0.2) is 9.84 Å². The summed E-state index contributed by atoms with van der Waals surface area (Å²) in [6.45, 7) is -0.0592. The number of hydrogen-bond acceptors (Lipinski definition) is 6. The first kappa shape index (κ1) is 20.0. The summed E-state index contributed by atoms with van der Waals surface area (Å²) in [6.07, 6.45) is 0.912. The first-order chi connectivity index (χ1) is 13.7. The third-order valence-corrected chi connectivity index (χ3v) is 9.16. The molecule has 0 aromatic heterocycles. The number of nitrogens with two attached hydrogens (primary N) is 1. The standard InChI is InChI=1S/C19H21FN2O5S2/c20-13-1-4-17(5-2-13)29(25,26)22-12-15(9-10-28(23,24)16-6-7-16)27-19-8-3-14(21)11-18(19)22/h1-5,8,11,15-16H,6-7,9-10,12,21H2/t15-/m0/s1. The Morgan fingerprint density at radius 3 is 2.41 bits per heavy atom. The lowest BCUT2D eigenvalue weighted by molar-refractivity contribution is 0.196. The highest BCUT2D eigenvalue weighted by Gasteiger charge is 2.38. The molecule has 1 fully saturated rings. The molecule has 0 saturated heterocycles. The van der Waals surface area contributed by atoms with Crippen LogP contribution in [0.1, 0.15) is 19.3 Å². The largest absolute Gasteiger partial charge is 0.486 e. The molecule has 2 aliphatic rings. The van der Waals surface area contributed by atoms with E-state index in [2.05, 4.69) is 0 Å². The maximum absolute atomic E-state index is 13.3. The summed E-state index contributed by atoms with van der Waals surface area (Å²) in [4.78, 5) is -0.0708. The molecule has 0 bridgehead atoms. The molecule has 10 heteroatoms. The van der Waals surface area contributed by atoms with E-state index in [-0.39, 0.29) is 34.6 Å². The van der Waals surface area contributed by atoms with Gasteiger partial charge in [0.05, 0.1) is 28.1 Å². The predicted octanol–water partition coefficient (Wildman–Crippen LogP) is 2.33. The lowest BCUT2D eigenvalue weighted by Crippen LogP contribution is -2.44. The number of sulfonamides is 1. The molecule has 2 aromatic rings. The SMILES string of the molecule is Nc1ccc2c(c1)N(S(=O)(=O)c1ccc(F)cc1)C[C@H](CCS(=O)(=O)C1CC1)O2. The normalized spacial score (nSPS) is 19.5. The summed E-state index contributed by atoms with van der Waals surface area (Å²) in [7, 11) is -7.21. The first-order valence-electron chi connectivity index (χ1n) is 9.23. The highest BCUT2D eigenvalue weighted by Crippen LogP contribution is 2.39. The van der Waals surface area contributed by atoms with Crippen LogP contribution in [0.15, 0.2) is 47.4 Å². The van der Waals surface area contributed by atoms with Crippen molar-refractivity contribution < 1.29 is 26.0 Å². The summed E-state index contributed by atoms with van der Waals surface area (Å²) in [5.74, 6) is -0.291. The Bertz CT molecular complexity index is 1130. The van der Waals surface area contributed by atoms with Gasteiger partial charge in [0.25, 0.3) is 10.0 Å². The Kier molecular flexibility index (Phi) is 4.94. The van der Waals surface area contributed by atoms with Crippen molar-refractivity contribution in [1.82, 2.24) is 0 Å². The molecule has 0 spiro atoms. The van der Waals surface area contributed by atoms with Gasteiger partial charge in [-0.3, -0.25) is 4.31 Å². The molecule has 1 atom stereocenters. The van der Waals surface area contributed by atoms with Crippen molar-refractivity contribution in [3.05, 3.63) is 48.3 Å². The second kappa shape index (κ2) is 7.17. The van der Waals surface area contributed by atoms with E-state index in [1.807, 2.05) is 0 Å². The van der Waals surface area contributed by atoms with Gasteiger partial charge in [-0.1, -0.05) is 0 Å². The topological polar surface area (TPSA) is 107 Å². The van der Waals surface area contributed by atoms with Crippen LogP contribution in [0.2, 0.25) is 0 Å². The van der Waals surface area contributed by atoms with Crippen LogP contribution in [0.5, 0.6) is 5.75 Å². The third kappa shape index (κ3) is 4.04. The van der Waals surface area contributed by atoms with E-state index in [1.165, 1.54) is 18.2 Å². The van der Waals surface area contributed by atoms with Crippen LogP contribution in [0, 0.1) is 5.82 Å². The maximum atomic E-state index is 13.3.